The monoisotopic (exact) mass is 224 g/mol. The molecule has 0 aliphatic heterocycles. The van der Waals surface area contributed by atoms with Crippen molar-refractivity contribution < 1.29 is 4.74 Å². The van der Waals surface area contributed by atoms with Crippen molar-refractivity contribution in [3.63, 3.8) is 0 Å². The largest absolute Gasteiger partial charge is 0.371 e. The van der Waals surface area contributed by atoms with Gasteiger partial charge in [-0.1, -0.05) is 37.5 Å². The normalized spacial score (nSPS) is 14.2. The molecule has 0 aliphatic carbocycles. The van der Waals surface area contributed by atoms with Crippen LogP contribution >= 0.6 is 0 Å². The van der Waals surface area contributed by atoms with Crippen LogP contribution in [-0.2, 0) is 4.74 Å². The summed E-state index contributed by atoms with van der Waals surface area (Å²) < 4.78 is 5.92. The van der Waals surface area contributed by atoms with Crippen molar-refractivity contribution in [2.24, 2.45) is 0 Å². The summed E-state index contributed by atoms with van der Waals surface area (Å²) in [4.78, 5) is 0. The van der Waals surface area contributed by atoms with Crippen LogP contribution in [0.4, 0.5) is 0 Å². The van der Waals surface area contributed by atoms with Crippen molar-refractivity contribution in [3.05, 3.63) is 24.3 Å². The molecule has 0 saturated carbocycles. The molecule has 0 aliphatic rings. The van der Waals surface area contributed by atoms with Crippen LogP contribution in [0.1, 0.15) is 59.8 Å². The van der Waals surface area contributed by atoms with Crippen molar-refractivity contribution in [1.82, 2.24) is 0 Å². The van der Waals surface area contributed by atoms with Gasteiger partial charge in [-0.25, -0.2) is 0 Å². The first kappa shape index (κ1) is 15.4. The predicted molar refractivity (Wildman–Crippen MR) is 72.7 cm³/mol. The first-order chi connectivity index (χ1) is 7.54. The Morgan fingerprint density at radius 1 is 1.31 bits per heavy atom. The van der Waals surface area contributed by atoms with Gasteiger partial charge in [0, 0.05) is 6.61 Å². The van der Waals surface area contributed by atoms with Gasteiger partial charge in [-0.3, -0.25) is 0 Å². The van der Waals surface area contributed by atoms with Crippen molar-refractivity contribution in [3.8, 4) is 0 Å². The van der Waals surface area contributed by atoms with E-state index in [0.29, 0.717) is 0 Å². The van der Waals surface area contributed by atoms with E-state index in [1.54, 1.807) is 0 Å². The number of allylic oxidation sites excluding steroid dienone is 2. The zero-order valence-electron chi connectivity index (χ0n) is 11.5. The summed E-state index contributed by atoms with van der Waals surface area (Å²) in [6, 6.07) is 0. The molecule has 0 spiro atoms. The molecule has 0 heterocycles. The van der Waals surface area contributed by atoms with E-state index in [9.17, 15) is 0 Å². The highest BCUT2D eigenvalue weighted by Gasteiger charge is 2.19. The van der Waals surface area contributed by atoms with E-state index in [2.05, 4.69) is 40.3 Å². The lowest BCUT2D eigenvalue weighted by molar-refractivity contribution is -0.00147. The SMILES string of the molecule is C=CC(C)(CCC=C(C)C)OCCCCC. The molecular weight excluding hydrogens is 196 g/mol. The number of unbranched alkanes of at least 4 members (excludes halogenated alkanes) is 2. The lowest BCUT2D eigenvalue weighted by Gasteiger charge is -2.26. The molecule has 94 valence electrons. The molecule has 0 saturated heterocycles. The van der Waals surface area contributed by atoms with E-state index in [1.165, 1.54) is 18.4 Å². The summed E-state index contributed by atoms with van der Waals surface area (Å²) in [5, 5.41) is 0. The Hall–Kier alpha value is -0.560. The molecule has 16 heavy (non-hydrogen) atoms. The van der Waals surface area contributed by atoms with Crippen LogP contribution in [0.15, 0.2) is 24.3 Å². The highest BCUT2D eigenvalue weighted by atomic mass is 16.5. The molecule has 0 aromatic rings. The van der Waals surface area contributed by atoms with Crippen LogP contribution in [0.2, 0.25) is 0 Å². The standard InChI is InChI=1S/C15H28O/c1-6-8-9-13-16-15(5,7-2)12-10-11-14(3)4/h7,11H,2,6,8-10,12-13H2,1,3-5H3. The van der Waals surface area contributed by atoms with E-state index in [1.807, 2.05) is 6.08 Å². The van der Waals surface area contributed by atoms with Crippen LogP contribution in [0.25, 0.3) is 0 Å². The second kappa shape index (κ2) is 8.58. The lowest BCUT2D eigenvalue weighted by atomic mass is 9.99. The molecular formula is C15H28O. The van der Waals surface area contributed by atoms with E-state index in [0.717, 1.165) is 25.9 Å². The molecule has 0 bridgehead atoms. The van der Waals surface area contributed by atoms with E-state index in [4.69, 9.17) is 4.74 Å². The van der Waals surface area contributed by atoms with Crippen LogP contribution in [0.3, 0.4) is 0 Å². The van der Waals surface area contributed by atoms with Gasteiger partial charge in [-0.2, -0.15) is 0 Å². The van der Waals surface area contributed by atoms with E-state index in [-0.39, 0.29) is 5.60 Å². The molecule has 1 nitrogen and oxygen atoms in total. The van der Waals surface area contributed by atoms with Gasteiger partial charge in [-0.05, 0) is 40.0 Å². The average molecular weight is 224 g/mol. The molecule has 1 heteroatoms. The van der Waals surface area contributed by atoms with Gasteiger partial charge in [0.15, 0.2) is 0 Å². The van der Waals surface area contributed by atoms with Gasteiger partial charge in [0.25, 0.3) is 0 Å². The molecule has 0 radical (unpaired) electrons. The maximum atomic E-state index is 5.92. The van der Waals surface area contributed by atoms with Gasteiger partial charge in [-0.15, -0.1) is 6.58 Å². The minimum atomic E-state index is -0.153. The Bertz CT molecular complexity index is 213. The third-order valence-corrected chi connectivity index (χ3v) is 2.80. The van der Waals surface area contributed by atoms with Gasteiger partial charge >= 0.3 is 0 Å². The zero-order chi connectivity index (χ0) is 12.4. The van der Waals surface area contributed by atoms with Gasteiger partial charge < -0.3 is 4.74 Å². The smallest absolute Gasteiger partial charge is 0.0834 e. The molecule has 0 fully saturated rings. The average Bonchev–Trinajstić information content (AvgIpc) is 2.24. The van der Waals surface area contributed by atoms with Crippen LogP contribution < -0.4 is 0 Å². The van der Waals surface area contributed by atoms with Crippen LogP contribution in [0.5, 0.6) is 0 Å². The maximum absolute atomic E-state index is 5.92. The maximum Gasteiger partial charge on any atom is 0.0834 e. The summed E-state index contributed by atoms with van der Waals surface area (Å²) in [7, 11) is 0. The van der Waals surface area contributed by atoms with Crippen LogP contribution in [0, 0.1) is 0 Å². The van der Waals surface area contributed by atoms with Crippen molar-refractivity contribution >= 4 is 0 Å². The van der Waals surface area contributed by atoms with Crippen molar-refractivity contribution in [2.75, 3.05) is 6.61 Å². The topological polar surface area (TPSA) is 9.23 Å². The van der Waals surface area contributed by atoms with Gasteiger partial charge in [0.1, 0.15) is 0 Å². The summed E-state index contributed by atoms with van der Waals surface area (Å²) in [5.74, 6) is 0. The molecule has 0 aromatic heterocycles. The van der Waals surface area contributed by atoms with Crippen molar-refractivity contribution in [1.29, 1.82) is 0 Å². The fourth-order valence-electron chi connectivity index (χ4n) is 1.54. The fraction of sp³-hybridized carbons (Fsp3) is 0.733. The minimum Gasteiger partial charge on any atom is -0.371 e. The predicted octanol–water partition coefficient (Wildman–Crippen LogP) is 4.88. The molecule has 0 aromatic carbocycles. The molecule has 0 rings (SSSR count). The second-order valence-corrected chi connectivity index (χ2v) is 4.89. The first-order valence-corrected chi connectivity index (χ1v) is 6.45. The summed E-state index contributed by atoms with van der Waals surface area (Å²) >= 11 is 0. The summed E-state index contributed by atoms with van der Waals surface area (Å²) in [6.07, 6.45) is 9.94. The Morgan fingerprint density at radius 3 is 2.50 bits per heavy atom. The lowest BCUT2D eigenvalue weighted by Crippen LogP contribution is -2.26. The summed E-state index contributed by atoms with van der Waals surface area (Å²) in [5.41, 5.74) is 1.22. The third-order valence-electron chi connectivity index (χ3n) is 2.80. The first-order valence-electron chi connectivity index (χ1n) is 6.45. The van der Waals surface area contributed by atoms with E-state index >= 15 is 0 Å². The number of rotatable bonds is 9. The number of hydrogen-bond acceptors (Lipinski definition) is 1. The highest BCUT2D eigenvalue weighted by Crippen LogP contribution is 2.20. The Labute approximate surface area is 102 Å². The molecule has 0 N–H and O–H groups in total. The summed E-state index contributed by atoms with van der Waals surface area (Å²) in [6.45, 7) is 13.3. The van der Waals surface area contributed by atoms with E-state index < -0.39 is 0 Å². The Balaban J connectivity index is 3.90. The van der Waals surface area contributed by atoms with Gasteiger partial charge in [0.05, 0.1) is 5.60 Å². The Morgan fingerprint density at radius 2 is 2.00 bits per heavy atom. The van der Waals surface area contributed by atoms with Crippen molar-refractivity contribution in [2.45, 2.75) is 65.4 Å². The minimum absolute atomic E-state index is 0.153. The van der Waals surface area contributed by atoms with Crippen LogP contribution in [-0.4, -0.2) is 12.2 Å². The molecule has 1 unspecified atom stereocenters. The second-order valence-electron chi connectivity index (χ2n) is 4.89. The number of ether oxygens (including phenoxy) is 1. The Kier molecular flexibility index (Phi) is 8.28. The zero-order valence-corrected chi connectivity index (χ0v) is 11.5. The number of hydrogen-bond donors (Lipinski definition) is 0. The molecule has 0 amide bonds. The third kappa shape index (κ3) is 7.70. The fourth-order valence-corrected chi connectivity index (χ4v) is 1.54. The highest BCUT2D eigenvalue weighted by molar-refractivity contribution is 4.99. The molecule has 1 atom stereocenters. The quantitative estimate of drug-likeness (QED) is 0.400. The van der Waals surface area contributed by atoms with Gasteiger partial charge in [0.2, 0.25) is 0 Å².